The molecule has 1 heterocycles. The van der Waals surface area contributed by atoms with Crippen molar-refractivity contribution in [3.8, 4) is 0 Å². The number of aromatic amines is 1. The lowest BCUT2D eigenvalue weighted by Crippen LogP contribution is -2.55. The second-order valence-corrected chi connectivity index (χ2v) is 13.4. The van der Waals surface area contributed by atoms with Gasteiger partial charge in [-0.15, -0.1) is 0 Å². The van der Waals surface area contributed by atoms with Crippen LogP contribution in [0.3, 0.4) is 0 Å². The van der Waals surface area contributed by atoms with Crippen LogP contribution in [0.1, 0.15) is 117 Å². The van der Waals surface area contributed by atoms with E-state index in [0.29, 0.717) is 16.7 Å². The molecule has 0 aromatic carbocycles. The molecule has 1 unspecified atom stereocenters. The third-order valence-electron chi connectivity index (χ3n) is 11.5. The summed E-state index contributed by atoms with van der Waals surface area (Å²) in [6.45, 7) is 15.3. The van der Waals surface area contributed by atoms with Crippen molar-refractivity contribution in [2.45, 2.75) is 112 Å². The van der Waals surface area contributed by atoms with Crippen molar-refractivity contribution < 1.29 is 0 Å². The molecule has 4 aliphatic rings. The van der Waals surface area contributed by atoms with Gasteiger partial charge in [0, 0.05) is 11.6 Å². The molecule has 1 aromatic heterocycles. The van der Waals surface area contributed by atoms with Gasteiger partial charge in [-0.25, -0.2) is 0 Å². The quantitative estimate of drug-likeness (QED) is 0.509. The van der Waals surface area contributed by atoms with Gasteiger partial charge in [0.1, 0.15) is 0 Å². The van der Waals surface area contributed by atoms with Crippen molar-refractivity contribution in [3.63, 3.8) is 0 Å². The van der Waals surface area contributed by atoms with Crippen LogP contribution < -0.4 is 0 Å². The fourth-order valence-electron chi connectivity index (χ4n) is 10.1. The van der Waals surface area contributed by atoms with Crippen molar-refractivity contribution in [2.75, 3.05) is 0 Å². The Morgan fingerprint density at radius 3 is 2.48 bits per heavy atom. The Morgan fingerprint density at radius 2 is 1.71 bits per heavy atom. The van der Waals surface area contributed by atoms with Crippen LogP contribution in [0.15, 0.2) is 6.20 Å². The van der Waals surface area contributed by atoms with Gasteiger partial charge in [0.05, 0.1) is 6.20 Å². The first-order chi connectivity index (χ1) is 14.8. The topological polar surface area (TPSA) is 28.7 Å². The van der Waals surface area contributed by atoms with Crippen LogP contribution >= 0.6 is 0 Å². The fourth-order valence-corrected chi connectivity index (χ4v) is 10.1. The average Bonchev–Trinajstić information content (AvgIpc) is 3.31. The Labute approximate surface area is 191 Å². The highest BCUT2D eigenvalue weighted by atomic mass is 15.1. The smallest absolute Gasteiger partial charge is 0.0522 e. The predicted octanol–water partition coefficient (Wildman–Crippen LogP) is 8.01. The van der Waals surface area contributed by atoms with Crippen LogP contribution in [-0.4, -0.2) is 10.2 Å². The van der Waals surface area contributed by atoms with Gasteiger partial charge in [-0.05, 0) is 103 Å². The van der Waals surface area contributed by atoms with E-state index in [9.17, 15) is 0 Å². The van der Waals surface area contributed by atoms with Crippen molar-refractivity contribution in [3.05, 3.63) is 17.5 Å². The van der Waals surface area contributed by atoms with Crippen molar-refractivity contribution in [1.29, 1.82) is 0 Å². The molecule has 1 aromatic rings. The summed E-state index contributed by atoms with van der Waals surface area (Å²) >= 11 is 0. The molecular weight excluding hydrogens is 376 g/mol. The second kappa shape index (κ2) is 7.91. The molecular formula is C29H48N2. The van der Waals surface area contributed by atoms with Crippen LogP contribution in [-0.2, 0) is 6.42 Å². The van der Waals surface area contributed by atoms with Gasteiger partial charge in [-0.1, -0.05) is 60.8 Å². The molecule has 4 aliphatic carbocycles. The highest BCUT2D eigenvalue weighted by Gasteiger charge is 2.61. The number of nitrogens with one attached hydrogen (secondary N) is 1. The monoisotopic (exact) mass is 424 g/mol. The van der Waals surface area contributed by atoms with Crippen LogP contribution in [0.2, 0.25) is 0 Å². The maximum atomic E-state index is 4.45. The average molecular weight is 425 g/mol. The minimum Gasteiger partial charge on any atom is -0.282 e. The lowest BCUT2D eigenvalue weighted by Gasteiger charge is -2.61. The zero-order valence-electron chi connectivity index (χ0n) is 21.2. The van der Waals surface area contributed by atoms with Gasteiger partial charge in [-0.3, -0.25) is 5.10 Å². The molecule has 0 spiro atoms. The molecule has 0 saturated heterocycles. The summed E-state index contributed by atoms with van der Waals surface area (Å²) in [6.07, 6.45) is 16.7. The fraction of sp³-hybridized carbons (Fsp3) is 0.897. The Balaban J connectivity index is 1.35. The molecule has 0 bridgehead atoms. The number of nitrogens with zero attached hydrogens (tertiary/aromatic N) is 1. The van der Waals surface area contributed by atoms with E-state index in [-0.39, 0.29) is 0 Å². The van der Waals surface area contributed by atoms with Crippen LogP contribution in [0.25, 0.3) is 0 Å². The molecule has 2 heteroatoms. The summed E-state index contributed by atoms with van der Waals surface area (Å²) in [5.41, 5.74) is 4.09. The first-order valence-electron chi connectivity index (χ1n) is 13.8. The molecule has 3 saturated carbocycles. The van der Waals surface area contributed by atoms with Gasteiger partial charge in [-0.2, -0.15) is 5.10 Å². The maximum absolute atomic E-state index is 4.45. The van der Waals surface area contributed by atoms with Gasteiger partial charge in [0.25, 0.3) is 0 Å². The molecule has 5 rings (SSSR count). The van der Waals surface area contributed by atoms with E-state index in [0.717, 1.165) is 41.4 Å². The number of H-pyrrole nitrogens is 1. The van der Waals surface area contributed by atoms with Crippen molar-refractivity contribution in [1.82, 2.24) is 10.2 Å². The number of hydrogen-bond donors (Lipinski definition) is 1. The molecule has 0 aliphatic heterocycles. The summed E-state index contributed by atoms with van der Waals surface area (Å²) in [5, 5.41) is 7.82. The maximum Gasteiger partial charge on any atom is 0.0522 e. The third-order valence-corrected chi connectivity index (χ3v) is 11.5. The minimum atomic E-state index is 0.488. The van der Waals surface area contributed by atoms with Crippen molar-refractivity contribution >= 4 is 0 Å². The summed E-state index contributed by atoms with van der Waals surface area (Å²) in [4.78, 5) is 0. The molecule has 3 fully saturated rings. The Hall–Kier alpha value is -0.790. The number of rotatable bonds is 5. The summed E-state index contributed by atoms with van der Waals surface area (Å²) < 4.78 is 0. The molecule has 31 heavy (non-hydrogen) atoms. The normalized spacial score (nSPS) is 45.0. The Morgan fingerprint density at radius 1 is 0.968 bits per heavy atom. The zero-order valence-corrected chi connectivity index (χ0v) is 21.2. The number of aromatic nitrogens is 2. The Bertz CT molecular complexity index is 779. The molecule has 0 radical (unpaired) electrons. The van der Waals surface area contributed by atoms with Gasteiger partial charge in [0.15, 0.2) is 0 Å². The predicted molar refractivity (Wildman–Crippen MR) is 130 cm³/mol. The third kappa shape index (κ3) is 3.36. The van der Waals surface area contributed by atoms with Crippen LogP contribution in [0.4, 0.5) is 0 Å². The van der Waals surface area contributed by atoms with Crippen molar-refractivity contribution in [2.24, 2.45) is 52.3 Å². The summed E-state index contributed by atoms with van der Waals surface area (Å²) in [7, 11) is 0. The van der Waals surface area contributed by atoms with E-state index in [1.165, 1.54) is 75.5 Å². The molecule has 2 nitrogen and oxygen atoms in total. The standard InChI is InChI=1S/C29H48N2/c1-18(2)8-7-9-19(3)23-12-13-25-22-10-11-24-20(4)27-21(17-30-31-27)16-29(24,6)26(22)14-15-28(23,25)5/h17-20,22-26H,7-16H2,1-6H3,(H,30,31)/t19-,20?,22+,23-,24+,25+,26+,28-,29+/m1/s1. The number of hydrogen-bond acceptors (Lipinski definition) is 1. The lowest BCUT2D eigenvalue weighted by atomic mass is 9.43. The van der Waals surface area contributed by atoms with E-state index in [4.69, 9.17) is 0 Å². The highest BCUT2D eigenvalue weighted by Crippen LogP contribution is 2.69. The largest absolute Gasteiger partial charge is 0.282 e. The SMILES string of the molecule is CC(C)CCC[C@@H](C)[C@H]1CC[C@H]2[C@@H]3CC[C@H]4C(C)c5[nH]ncc5C[C@]4(C)[C@H]3CC[C@]12C. The van der Waals surface area contributed by atoms with Gasteiger partial charge >= 0.3 is 0 Å². The Kier molecular flexibility index (Phi) is 5.62. The first kappa shape index (κ1) is 22.0. The minimum absolute atomic E-state index is 0.488. The van der Waals surface area contributed by atoms with E-state index in [1.54, 1.807) is 0 Å². The number of fused-ring (bicyclic) bond motifs is 6. The highest BCUT2D eigenvalue weighted by molar-refractivity contribution is 5.29. The zero-order chi connectivity index (χ0) is 22.0. The first-order valence-corrected chi connectivity index (χ1v) is 13.8. The van der Waals surface area contributed by atoms with Crippen LogP contribution in [0, 0.1) is 52.3 Å². The van der Waals surface area contributed by atoms with E-state index >= 15 is 0 Å². The van der Waals surface area contributed by atoms with Gasteiger partial charge < -0.3 is 0 Å². The molecule has 1 N–H and O–H groups in total. The van der Waals surface area contributed by atoms with Gasteiger partial charge in [0.2, 0.25) is 0 Å². The summed E-state index contributed by atoms with van der Waals surface area (Å²) in [6, 6.07) is 0. The lowest BCUT2D eigenvalue weighted by molar-refractivity contribution is -0.109. The van der Waals surface area contributed by atoms with E-state index in [1.807, 2.05) is 0 Å². The van der Waals surface area contributed by atoms with Crippen LogP contribution in [0.5, 0.6) is 0 Å². The summed E-state index contributed by atoms with van der Waals surface area (Å²) in [5.74, 6) is 7.16. The van der Waals surface area contributed by atoms with E-state index in [2.05, 4.69) is 57.9 Å². The van der Waals surface area contributed by atoms with E-state index < -0.39 is 0 Å². The molecule has 0 amide bonds. The molecule has 9 atom stereocenters. The second-order valence-electron chi connectivity index (χ2n) is 13.4. The molecule has 174 valence electrons.